The van der Waals surface area contributed by atoms with Gasteiger partial charge in [0.05, 0.1) is 13.2 Å². The van der Waals surface area contributed by atoms with Crippen molar-refractivity contribution in [1.82, 2.24) is 5.32 Å². The predicted octanol–water partition coefficient (Wildman–Crippen LogP) is 3.37. The van der Waals surface area contributed by atoms with Gasteiger partial charge in [0.25, 0.3) is 0 Å². The van der Waals surface area contributed by atoms with Gasteiger partial charge in [-0.1, -0.05) is 13.0 Å². The number of rotatable bonds is 8. The smallest absolute Gasteiger partial charge is 0.161 e. The van der Waals surface area contributed by atoms with Crippen LogP contribution in [0.1, 0.15) is 39.7 Å². The normalized spacial score (nSPS) is 12.2. The van der Waals surface area contributed by atoms with Crippen LogP contribution in [0.15, 0.2) is 18.2 Å². The summed E-state index contributed by atoms with van der Waals surface area (Å²) in [4.78, 5) is 0. The summed E-state index contributed by atoms with van der Waals surface area (Å²) in [6, 6.07) is 6.67. The van der Waals surface area contributed by atoms with Gasteiger partial charge in [0, 0.05) is 12.6 Å². The van der Waals surface area contributed by atoms with E-state index in [1.165, 1.54) is 5.56 Å². The zero-order valence-electron chi connectivity index (χ0n) is 12.0. The van der Waals surface area contributed by atoms with Gasteiger partial charge >= 0.3 is 0 Å². The van der Waals surface area contributed by atoms with Gasteiger partial charge in [-0.2, -0.15) is 0 Å². The third kappa shape index (κ3) is 4.57. The summed E-state index contributed by atoms with van der Waals surface area (Å²) in [7, 11) is 0. The summed E-state index contributed by atoms with van der Waals surface area (Å²) < 4.78 is 11.2. The van der Waals surface area contributed by atoms with Gasteiger partial charge in [-0.25, -0.2) is 0 Å². The molecular weight excluding hydrogens is 226 g/mol. The molecule has 0 aliphatic rings. The lowest BCUT2D eigenvalue weighted by molar-refractivity contribution is 0.287. The van der Waals surface area contributed by atoms with Gasteiger partial charge in [-0.15, -0.1) is 0 Å². The monoisotopic (exact) mass is 251 g/mol. The lowest BCUT2D eigenvalue weighted by Gasteiger charge is -2.14. The maximum Gasteiger partial charge on any atom is 0.161 e. The molecule has 0 saturated heterocycles. The average Bonchev–Trinajstić information content (AvgIpc) is 2.39. The standard InChI is InChI=1S/C15H25NO2/c1-5-12(4)16-11-13-8-9-14(17-6-2)15(10-13)18-7-3/h8-10,12,16H,5-7,11H2,1-4H3. The van der Waals surface area contributed by atoms with Crippen LogP contribution in [0.3, 0.4) is 0 Å². The number of ether oxygens (including phenoxy) is 2. The van der Waals surface area contributed by atoms with E-state index in [1.807, 2.05) is 19.9 Å². The predicted molar refractivity (Wildman–Crippen MR) is 75.4 cm³/mol. The van der Waals surface area contributed by atoms with E-state index in [1.54, 1.807) is 0 Å². The van der Waals surface area contributed by atoms with Crippen LogP contribution < -0.4 is 14.8 Å². The molecule has 0 spiro atoms. The van der Waals surface area contributed by atoms with Crippen LogP contribution in [0.4, 0.5) is 0 Å². The minimum Gasteiger partial charge on any atom is -0.490 e. The highest BCUT2D eigenvalue weighted by atomic mass is 16.5. The van der Waals surface area contributed by atoms with Crippen molar-refractivity contribution in [3.05, 3.63) is 23.8 Å². The third-order valence-electron chi connectivity index (χ3n) is 2.87. The molecular formula is C15H25NO2. The van der Waals surface area contributed by atoms with E-state index in [4.69, 9.17) is 9.47 Å². The fourth-order valence-corrected chi connectivity index (χ4v) is 1.64. The molecule has 3 heteroatoms. The lowest BCUT2D eigenvalue weighted by Crippen LogP contribution is -2.24. The molecule has 0 bridgehead atoms. The van der Waals surface area contributed by atoms with Crippen LogP contribution in [-0.2, 0) is 6.54 Å². The first kappa shape index (κ1) is 14.8. The highest BCUT2D eigenvalue weighted by molar-refractivity contribution is 5.43. The Morgan fingerprint density at radius 2 is 1.72 bits per heavy atom. The first-order chi connectivity index (χ1) is 8.71. The lowest BCUT2D eigenvalue weighted by atomic mass is 10.1. The van der Waals surface area contributed by atoms with Gasteiger partial charge in [-0.05, 0) is 44.9 Å². The molecule has 1 aromatic carbocycles. The summed E-state index contributed by atoms with van der Waals surface area (Å²) >= 11 is 0. The van der Waals surface area contributed by atoms with Crippen molar-refractivity contribution in [2.75, 3.05) is 13.2 Å². The second-order valence-corrected chi connectivity index (χ2v) is 4.34. The van der Waals surface area contributed by atoms with Gasteiger partial charge in [0.15, 0.2) is 11.5 Å². The van der Waals surface area contributed by atoms with E-state index >= 15 is 0 Å². The van der Waals surface area contributed by atoms with Crippen molar-refractivity contribution in [1.29, 1.82) is 0 Å². The molecule has 0 heterocycles. The summed E-state index contributed by atoms with van der Waals surface area (Å²) in [5.74, 6) is 1.66. The molecule has 0 radical (unpaired) electrons. The largest absolute Gasteiger partial charge is 0.490 e. The third-order valence-corrected chi connectivity index (χ3v) is 2.87. The molecule has 3 nitrogen and oxygen atoms in total. The van der Waals surface area contributed by atoms with Crippen LogP contribution >= 0.6 is 0 Å². The minimum absolute atomic E-state index is 0.534. The van der Waals surface area contributed by atoms with E-state index in [0.717, 1.165) is 24.5 Å². The number of benzene rings is 1. The van der Waals surface area contributed by atoms with E-state index in [-0.39, 0.29) is 0 Å². The van der Waals surface area contributed by atoms with E-state index in [2.05, 4.69) is 31.3 Å². The molecule has 0 aliphatic carbocycles. The molecule has 0 aliphatic heterocycles. The Morgan fingerprint density at radius 3 is 2.33 bits per heavy atom. The van der Waals surface area contributed by atoms with Crippen molar-refractivity contribution < 1.29 is 9.47 Å². The van der Waals surface area contributed by atoms with Gasteiger partial charge < -0.3 is 14.8 Å². The van der Waals surface area contributed by atoms with Gasteiger partial charge in [0.1, 0.15) is 0 Å². The SMILES string of the molecule is CCOc1ccc(CNC(C)CC)cc1OCC. The van der Waals surface area contributed by atoms with Crippen molar-refractivity contribution in [3.8, 4) is 11.5 Å². The second kappa shape index (κ2) is 7.98. The Labute approximate surface area is 110 Å². The Kier molecular flexibility index (Phi) is 6.58. The summed E-state index contributed by atoms with van der Waals surface area (Å²) in [6.45, 7) is 10.5. The summed E-state index contributed by atoms with van der Waals surface area (Å²) in [5.41, 5.74) is 1.22. The minimum atomic E-state index is 0.534. The molecule has 1 unspecified atom stereocenters. The molecule has 102 valence electrons. The molecule has 1 atom stereocenters. The maximum absolute atomic E-state index is 5.61. The topological polar surface area (TPSA) is 30.5 Å². The van der Waals surface area contributed by atoms with Crippen molar-refractivity contribution in [2.45, 2.75) is 46.7 Å². The highest BCUT2D eigenvalue weighted by Crippen LogP contribution is 2.28. The van der Waals surface area contributed by atoms with Crippen LogP contribution in [0.2, 0.25) is 0 Å². The molecule has 1 aromatic rings. The maximum atomic E-state index is 5.61. The zero-order chi connectivity index (χ0) is 13.4. The highest BCUT2D eigenvalue weighted by Gasteiger charge is 2.06. The van der Waals surface area contributed by atoms with Crippen molar-refractivity contribution >= 4 is 0 Å². The molecule has 0 saturated carbocycles. The number of hydrogen-bond acceptors (Lipinski definition) is 3. The van der Waals surface area contributed by atoms with Crippen LogP contribution in [-0.4, -0.2) is 19.3 Å². The quantitative estimate of drug-likeness (QED) is 0.768. The molecule has 0 amide bonds. The van der Waals surface area contributed by atoms with E-state index in [9.17, 15) is 0 Å². The summed E-state index contributed by atoms with van der Waals surface area (Å²) in [5, 5.41) is 3.47. The molecule has 1 rings (SSSR count). The van der Waals surface area contributed by atoms with E-state index < -0.39 is 0 Å². The molecule has 1 N–H and O–H groups in total. The molecule has 18 heavy (non-hydrogen) atoms. The Hall–Kier alpha value is -1.22. The number of hydrogen-bond donors (Lipinski definition) is 1. The molecule has 0 aromatic heterocycles. The first-order valence-corrected chi connectivity index (χ1v) is 6.83. The van der Waals surface area contributed by atoms with E-state index in [0.29, 0.717) is 19.3 Å². The zero-order valence-corrected chi connectivity index (χ0v) is 12.0. The van der Waals surface area contributed by atoms with Crippen molar-refractivity contribution in [2.24, 2.45) is 0 Å². The fourth-order valence-electron chi connectivity index (χ4n) is 1.64. The Balaban J connectivity index is 2.72. The summed E-state index contributed by atoms with van der Waals surface area (Å²) in [6.07, 6.45) is 1.13. The molecule has 0 fully saturated rings. The Morgan fingerprint density at radius 1 is 1.06 bits per heavy atom. The average molecular weight is 251 g/mol. The van der Waals surface area contributed by atoms with Gasteiger partial charge in [0.2, 0.25) is 0 Å². The Bertz CT molecular complexity index is 352. The van der Waals surface area contributed by atoms with Crippen molar-refractivity contribution in [3.63, 3.8) is 0 Å². The van der Waals surface area contributed by atoms with Crippen LogP contribution in [0.25, 0.3) is 0 Å². The van der Waals surface area contributed by atoms with Crippen LogP contribution in [0, 0.1) is 0 Å². The second-order valence-electron chi connectivity index (χ2n) is 4.34. The van der Waals surface area contributed by atoms with Gasteiger partial charge in [-0.3, -0.25) is 0 Å². The first-order valence-electron chi connectivity index (χ1n) is 6.83. The van der Waals surface area contributed by atoms with Crippen LogP contribution in [0.5, 0.6) is 11.5 Å². The number of nitrogens with one attached hydrogen (secondary N) is 1. The fraction of sp³-hybridized carbons (Fsp3) is 0.600.